The molecular formula is C18H23FN6O. The van der Waals surface area contributed by atoms with Gasteiger partial charge in [-0.3, -0.25) is 4.98 Å². The van der Waals surface area contributed by atoms with Crippen molar-refractivity contribution >= 4 is 11.6 Å². The smallest absolute Gasteiger partial charge is 0.187 e. The predicted molar refractivity (Wildman–Crippen MR) is 95.2 cm³/mol. The van der Waals surface area contributed by atoms with E-state index in [9.17, 15) is 9.50 Å². The molecule has 26 heavy (non-hydrogen) atoms. The lowest BCUT2D eigenvalue weighted by Gasteiger charge is -2.35. The minimum absolute atomic E-state index is 0.0747. The molecule has 2 aromatic rings. The average molecular weight is 358 g/mol. The number of nitrogens with zero attached hydrogens (tertiary/aromatic N) is 5. The zero-order valence-electron chi connectivity index (χ0n) is 14.7. The Morgan fingerprint density at radius 1 is 1.19 bits per heavy atom. The predicted octanol–water partition coefficient (Wildman–Crippen LogP) is 1.66. The number of aliphatic hydroxyl groups excluding tert-OH is 1. The van der Waals surface area contributed by atoms with E-state index in [1.165, 1.54) is 6.33 Å². The monoisotopic (exact) mass is 358 g/mol. The van der Waals surface area contributed by atoms with E-state index in [-0.39, 0.29) is 11.9 Å². The molecule has 0 unspecified atom stereocenters. The first kappa shape index (κ1) is 17.1. The molecule has 0 bridgehead atoms. The summed E-state index contributed by atoms with van der Waals surface area (Å²) in [5.41, 5.74) is 0.451. The van der Waals surface area contributed by atoms with Crippen LogP contribution in [-0.2, 0) is 6.42 Å². The molecule has 4 atom stereocenters. The molecular weight excluding hydrogens is 335 g/mol. The van der Waals surface area contributed by atoms with Gasteiger partial charge in [0.1, 0.15) is 12.1 Å². The number of fused-ring (bicyclic) bond motifs is 1. The number of aromatic nitrogens is 4. The van der Waals surface area contributed by atoms with Crippen molar-refractivity contribution in [3.63, 3.8) is 0 Å². The summed E-state index contributed by atoms with van der Waals surface area (Å²) in [4.78, 5) is 18.5. The van der Waals surface area contributed by atoms with Crippen molar-refractivity contribution in [2.24, 2.45) is 11.8 Å². The number of nitrogens with one attached hydrogen (secondary N) is 1. The van der Waals surface area contributed by atoms with Crippen LogP contribution in [-0.4, -0.2) is 50.3 Å². The van der Waals surface area contributed by atoms with E-state index in [0.717, 1.165) is 19.5 Å². The molecule has 0 radical (unpaired) electrons. The standard InChI is InChI=1S/C18H23FN6O/c1-2-13-17(19)18(23-10-22-13)25-8-11-5-14(15(26)6-12(11)9-25)24-16-7-20-3-4-21-16/h3-4,7,10-12,14-15,26H,2,5-6,8-9H2,1H3,(H,21,24)/t11-,12+,14-,15-/m1/s1. The molecule has 1 saturated heterocycles. The van der Waals surface area contributed by atoms with Gasteiger partial charge in [0.2, 0.25) is 0 Å². The van der Waals surface area contributed by atoms with Crippen LogP contribution in [0.4, 0.5) is 16.0 Å². The first-order chi connectivity index (χ1) is 12.7. The summed E-state index contributed by atoms with van der Waals surface area (Å²) in [5.74, 6) is 1.46. The number of anilines is 2. The number of aryl methyl sites for hydroxylation is 1. The molecule has 3 heterocycles. The van der Waals surface area contributed by atoms with Crippen molar-refractivity contribution < 1.29 is 9.50 Å². The van der Waals surface area contributed by atoms with Crippen LogP contribution in [0.1, 0.15) is 25.5 Å². The number of hydrogen-bond donors (Lipinski definition) is 2. The highest BCUT2D eigenvalue weighted by molar-refractivity contribution is 5.43. The van der Waals surface area contributed by atoms with Gasteiger partial charge in [-0.1, -0.05) is 6.92 Å². The number of aliphatic hydroxyl groups is 1. The second kappa shape index (κ2) is 7.11. The molecule has 0 spiro atoms. The average Bonchev–Trinajstić information content (AvgIpc) is 3.05. The van der Waals surface area contributed by atoms with Crippen LogP contribution in [0.3, 0.4) is 0 Å². The van der Waals surface area contributed by atoms with Crippen LogP contribution in [0.5, 0.6) is 0 Å². The van der Waals surface area contributed by atoms with Gasteiger partial charge >= 0.3 is 0 Å². The number of hydrogen-bond acceptors (Lipinski definition) is 7. The van der Waals surface area contributed by atoms with Gasteiger partial charge < -0.3 is 15.3 Å². The van der Waals surface area contributed by atoms with Crippen molar-refractivity contribution in [3.8, 4) is 0 Å². The fourth-order valence-electron chi connectivity index (χ4n) is 4.18. The van der Waals surface area contributed by atoms with Crippen LogP contribution in [0.25, 0.3) is 0 Å². The second-order valence-corrected chi connectivity index (χ2v) is 7.12. The van der Waals surface area contributed by atoms with E-state index in [2.05, 4.69) is 25.3 Å². The number of halogens is 1. The Hall–Kier alpha value is -2.35. The Morgan fingerprint density at radius 3 is 2.73 bits per heavy atom. The Kier molecular flexibility index (Phi) is 4.67. The molecule has 0 aromatic carbocycles. The molecule has 1 aliphatic heterocycles. The lowest BCUT2D eigenvalue weighted by molar-refractivity contribution is 0.0737. The van der Waals surface area contributed by atoms with Crippen molar-refractivity contribution in [2.75, 3.05) is 23.3 Å². The molecule has 2 N–H and O–H groups in total. The number of rotatable bonds is 4. The third-order valence-corrected chi connectivity index (χ3v) is 5.52. The molecule has 2 aromatic heterocycles. The molecule has 2 fully saturated rings. The van der Waals surface area contributed by atoms with Crippen LogP contribution in [0, 0.1) is 17.7 Å². The molecule has 138 valence electrons. The SMILES string of the molecule is CCc1ncnc(N2C[C@H]3C[C@@H](Nc4cnccn4)[C@H](O)C[C@H]3C2)c1F. The van der Waals surface area contributed by atoms with Gasteiger partial charge in [0.25, 0.3) is 0 Å². The molecule has 0 amide bonds. The van der Waals surface area contributed by atoms with Gasteiger partial charge in [0.05, 0.1) is 24.0 Å². The fraction of sp³-hybridized carbons (Fsp3) is 0.556. The van der Waals surface area contributed by atoms with Gasteiger partial charge in [-0.15, -0.1) is 0 Å². The summed E-state index contributed by atoms with van der Waals surface area (Å²) in [7, 11) is 0. The summed E-state index contributed by atoms with van der Waals surface area (Å²) >= 11 is 0. The Bertz CT molecular complexity index is 761. The topological polar surface area (TPSA) is 87.1 Å². The molecule has 1 aliphatic carbocycles. The molecule has 1 saturated carbocycles. The van der Waals surface area contributed by atoms with Crippen LogP contribution < -0.4 is 10.2 Å². The third kappa shape index (κ3) is 3.21. The zero-order chi connectivity index (χ0) is 18.1. The molecule has 4 rings (SSSR count). The highest BCUT2D eigenvalue weighted by Crippen LogP contribution is 2.39. The summed E-state index contributed by atoms with van der Waals surface area (Å²) in [6.07, 6.45) is 7.92. The Labute approximate surface area is 151 Å². The molecule has 2 aliphatic rings. The van der Waals surface area contributed by atoms with E-state index >= 15 is 0 Å². The largest absolute Gasteiger partial charge is 0.391 e. The quantitative estimate of drug-likeness (QED) is 0.859. The summed E-state index contributed by atoms with van der Waals surface area (Å²) in [5, 5.41) is 13.8. The Balaban J connectivity index is 1.47. The summed E-state index contributed by atoms with van der Waals surface area (Å²) < 4.78 is 14.6. The van der Waals surface area contributed by atoms with Crippen LogP contribution in [0.2, 0.25) is 0 Å². The maximum absolute atomic E-state index is 14.6. The van der Waals surface area contributed by atoms with E-state index in [0.29, 0.717) is 42.0 Å². The van der Waals surface area contributed by atoms with Crippen molar-refractivity contribution in [1.29, 1.82) is 0 Å². The minimum Gasteiger partial charge on any atom is -0.391 e. The van der Waals surface area contributed by atoms with Gasteiger partial charge in [-0.05, 0) is 31.1 Å². The van der Waals surface area contributed by atoms with Gasteiger partial charge in [0.15, 0.2) is 11.6 Å². The maximum Gasteiger partial charge on any atom is 0.187 e. The summed E-state index contributed by atoms with van der Waals surface area (Å²) in [6.45, 7) is 3.35. The van der Waals surface area contributed by atoms with Crippen LogP contribution >= 0.6 is 0 Å². The van der Waals surface area contributed by atoms with Gasteiger partial charge in [-0.2, -0.15) is 0 Å². The first-order valence-electron chi connectivity index (χ1n) is 9.10. The molecule has 8 heteroatoms. The van der Waals surface area contributed by atoms with Crippen molar-refractivity contribution in [1.82, 2.24) is 19.9 Å². The highest BCUT2D eigenvalue weighted by Gasteiger charge is 2.42. The van der Waals surface area contributed by atoms with Crippen molar-refractivity contribution in [3.05, 3.63) is 36.4 Å². The normalized spacial score (nSPS) is 28.0. The lowest BCUT2D eigenvalue weighted by atomic mass is 9.77. The fourth-order valence-corrected chi connectivity index (χ4v) is 4.18. The van der Waals surface area contributed by atoms with E-state index < -0.39 is 6.10 Å². The first-order valence-corrected chi connectivity index (χ1v) is 9.10. The second-order valence-electron chi connectivity index (χ2n) is 7.12. The van der Waals surface area contributed by atoms with Crippen LogP contribution in [0.15, 0.2) is 24.9 Å². The minimum atomic E-state index is -0.459. The van der Waals surface area contributed by atoms with E-state index in [1.54, 1.807) is 18.6 Å². The zero-order valence-corrected chi connectivity index (χ0v) is 14.7. The van der Waals surface area contributed by atoms with Gasteiger partial charge in [0, 0.05) is 25.5 Å². The highest BCUT2D eigenvalue weighted by atomic mass is 19.1. The Morgan fingerprint density at radius 2 is 2.00 bits per heavy atom. The third-order valence-electron chi connectivity index (χ3n) is 5.52. The van der Waals surface area contributed by atoms with Crippen molar-refractivity contribution in [2.45, 2.75) is 38.3 Å². The van der Waals surface area contributed by atoms with E-state index in [1.807, 2.05) is 11.8 Å². The lowest BCUT2D eigenvalue weighted by Crippen LogP contribution is -2.43. The molecule has 7 nitrogen and oxygen atoms in total. The van der Waals surface area contributed by atoms with E-state index in [4.69, 9.17) is 0 Å². The van der Waals surface area contributed by atoms with Gasteiger partial charge in [-0.25, -0.2) is 19.3 Å². The summed E-state index contributed by atoms with van der Waals surface area (Å²) in [6, 6.07) is -0.0747. The maximum atomic E-state index is 14.6.